The Hall–Kier alpha value is -2.41. The lowest BCUT2D eigenvalue weighted by Crippen LogP contribution is -2.48. The number of aromatic amines is 1. The quantitative estimate of drug-likeness (QED) is 0.778. The van der Waals surface area contributed by atoms with Crippen LogP contribution >= 0.6 is 0 Å². The minimum Gasteiger partial charge on any atom is -0.369 e. The number of likely N-dealkylation sites (tertiary alicyclic amines) is 2. The SMILES string of the molecule is NC(=O)Cc1cc(C[CH]C(=O)N2CCC(N3CCCCC3)CC2)cc2cn[nH]c12. The zero-order valence-electron chi connectivity index (χ0n) is 16.9. The van der Waals surface area contributed by atoms with Gasteiger partial charge < -0.3 is 15.5 Å². The van der Waals surface area contributed by atoms with Gasteiger partial charge in [-0.1, -0.05) is 12.5 Å². The van der Waals surface area contributed by atoms with Crippen molar-refractivity contribution in [3.63, 3.8) is 0 Å². The molecule has 0 atom stereocenters. The van der Waals surface area contributed by atoms with Crippen molar-refractivity contribution >= 4 is 22.7 Å². The number of nitrogens with two attached hydrogens (primary N) is 1. The van der Waals surface area contributed by atoms with E-state index < -0.39 is 0 Å². The van der Waals surface area contributed by atoms with E-state index in [1.807, 2.05) is 17.0 Å². The van der Waals surface area contributed by atoms with E-state index in [-0.39, 0.29) is 18.2 Å². The lowest BCUT2D eigenvalue weighted by atomic mass is 9.98. The van der Waals surface area contributed by atoms with Gasteiger partial charge in [0.2, 0.25) is 11.8 Å². The highest BCUT2D eigenvalue weighted by Gasteiger charge is 2.27. The van der Waals surface area contributed by atoms with Gasteiger partial charge in [0.15, 0.2) is 0 Å². The van der Waals surface area contributed by atoms with Gasteiger partial charge in [0.1, 0.15) is 0 Å². The van der Waals surface area contributed by atoms with Crippen molar-refractivity contribution in [1.82, 2.24) is 20.0 Å². The molecule has 7 heteroatoms. The van der Waals surface area contributed by atoms with Crippen LogP contribution in [0.4, 0.5) is 0 Å². The zero-order chi connectivity index (χ0) is 20.2. The number of piperidine rings is 2. The van der Waals surface area contributed by atoms with Gasteiger partial charge in [0, 0.05) is 24.5 Å². The first kappa shape index (κ1) is 19.9. The van der Waals surface area contributed by atoms with E-state index >= 15 is 0 Å². The molecule has 3 N–H and O–H groups in total. The number of primary amides is 1. The van der Waals surface area contributed by atoms with Crippen molar-refractivity contribution in [3.05, 3.63) is 35.9 Å². The summed E-state index contributed by atoms with van der Waals surface area (Å²) in [6, 6.07) is 4.59. The normalized spacial score (nSPS) is 19.0. The van der Waals surface area contributed by atoms with Crippen LogP contribution in [0.3, 0.4) is 0 Å². The largest absolute Gasteiger partial charge is 0.369 e. The molecule has 155 valence electrons. The van der Waals surface area contributed by atoms with Gasteiger partial charge in [-0.05, 0) is 62.4 Å². The molecule has 2 saturated heterocycles. The van der Waals surface area contributed by atoms with Crippen LogP contribution in [-0.2, 0) is 22.4 Å². The molecule has 3 heterocycles. The Morgan fingerprint density at radius 2 is 1.90 bits per heavy atom. The first-order valence-corrected chi connectivity index (χ1v) is 10.7. The molecule has 2 fully saturated rings. The Morgan fingerprint density at radius 3 is 2.62 bits per heavy atom. The number of carbonyl (C=O) groups excluding carboxylic acids is 2. The number of amides is 2. The van der Waals surface area contributed by atoms with Crippen molar-refractivity contribution in [2.75, 3.05) is 26.2 Å². The fraction of sp³-hybridized carbons (Fsp3) is 0.545. The number of hydrogen-bond donors (Lipinski definition) is 2. The highest BCUT2D eigenvalue weighted by Crippen LogP contribution is 2.23. The minimum absolute atomic E-state index is 0.103. The lowest BCUT2D eigenvalue weighted by molar-refractivity contribution is -0.129. The molecule has 2 aliphatic heterocycles. The Bertz CT molecular complexity index is 863. The van der Waals surface area contributed by atoms with E-state index in [2.05, 4.69) is 15.1 Å². The van der Waals surface area contributed by atoms with Crippen molar-refractivity contribution in [3.8, 4) is 0 Å². The van der Waals surface area contributed by atoms with Gasteiger partial charge in [-0.15, -0.1) is 0 Å². The van der Waals surface area contributed by atoms with Gasteiger partial charge in [-0.25, -0.2) is 0 Å². The summed E-state index contributed by atoms with van der Waals surface area (Å²) >= 11 is 0. The number of nitrogens with one attached hydrogen (secondary N) is 1. The topological polar surface area (TPSA) is 95.3 Å². The monoisotopic (exact) mass is 396 g/mol. The van der Waals surface area contributed by atoms with Gasteiger partial charge in [-0.3, -0.25) is 14.7 Å². The van der Waals surface area contributed by atoms with Gasteiger partial charge in [0.25, 0.3) is 0 Å². The van der Waals surface area contributed by atoms with Crippen LogP contribution in [0, 0.1) is 6.42 Å². The second-order valence-corrected chi connectivity index (χ2v) is 8.29. The summed E-state index contributed by atoms with van der Waals surface area (Å²) in [6.45, 7) is 4.11. The number of hydrogen-bond acceptors (Lipinski definition) is 4. The highest BCUT2D eigenvalue weighted by molar-refractivity contribution is 5.88. The smallest absolute Gasteiger partial charge is 0.226 e. The van der Waals surface area contributed by atoms with Crippen molar-refractivity contribution in [1.29, 1.82) is 0 Å². The third kappa shape index (κ3) is 4.78. The van der Waals surface area contributed by atoms with E-state index in [1.165, 1.54) is 32.4 Å². The molecule has 4 rings (SSSR count). The van der Waals surface area contributed by atoms with Crippen LogP contribution in [0.15, 0.2) is 18.3 Å². The molecule has 0 bridgehead atoms. The lowest BCUT2D eigenvalue weighted by Gasteiger charge is -2.40. The molecule has 1 radical (unpaired) electrons. The molecule has 1 aromatic heterocycles. The molecule has 7 nitrogen and oxygen atoms in total. The third-order valence-electron chi connectivity index (χ3n) is 6.25. The number of aromatic nitrogens is 2. The van der Waals surface area contributed by atoms with Crippen LogP contribution in [0.2, 0.25) is 0 Å². The first-order valence-electron chi connectivity index (χ1n) is 10.7. The summed E-state index contributed by atoms with van der Waals surface area (Å²) in [5.41, 5.74) is 8.02. The first-order chi connectivity index (χ1) is 14.1. The predicted octanol–water partition coefficient (Wildman–Crippen LogP) is 1.81. The van der Waals surface area contributed by atoms with E-state index in [9.17, 15) is 9.59 Å². The van der Waals surface area contributed by atoms with Crippen molar-refractivity contribution in [2.45, 2.75) is 51.0 Å². The Morgan fingerprint density at radius 1 is 1.14 bits per heavy atom. The van der Waals surface area contributed by atoms with E-state index in [4.69, 9.17) is 5.73 Å². The zero-order valence-corrected chi connectivity index (χ0v) is 16.9. The number of carbonyl (C=O) groups is 2. The summed E-state index contributed by atoms with van der Waals surface area (Å²) in [6.07, 6.45) is 10.3. The Kier molecular flexibility index (Phi) is 6.13. The van der Waals surface area contributed by atoms with Gasteiger partial charge in [0.05, 0.1) is 24.6 Å². The van der Waals surface area contributed by atoms with E-state index in [0.717, 1.165) is 48.0 Å². The number of nitrogens with zero attached hydrogens (tertiary/aromatic N) is 3. The average molecular weight is 397 g/mol. The molecule has 1 aromatic carbocycles. The molecule has 0 spiro atoms. The molecule has 29 heavy (non-hydrogen) atoms. The maximum absolute atomic E-state index is 12.7. The van der Waals surface area contributed by atoms with Crippen LogP contribution < -0.4 is 5.73 Å². The summed E-state index contributed by atoms with van der Waals surface area (Å²) in [4.78, 5) is 28.7. The molecule has 2 aliphatic rings. The molecule has 0 unspecified atom stereocenters. The summed E-state index contributed by atoms with van der Waals surface area (Å²) in [5, 5.41) is 7.91. The Labute approximate surface area is 171 Å². The number of benzene rings is 1. The molecule has 0 aliphatic carbocycles. The maximum Gasteiger partial charge on any atom is 0.226 e. The van der Waals surface area contributed by atoms with Crippen LogP contribution in [0.1, 0.15) is 43.2 Å². The minimum atomic E-state index is -0.380. The fourth-order valence-electron chi connectivity index (χ4n) is 4.71. The second-order valence-electron chi connectivity index (χ2n) is 8.29. The number of H-pyrrole nitrogens is 1. The molecule has 2 aromatic rings. The van der Waals surface area contributed by atoms with Crippen molar-refractivity contribution in [2.24, 2.45) is 5.73 Å². The molecular weight excluding hydrogens is 366 g/mol. The number of fused-ring (bicyclic) bond motifs is 1. The van der Waals surface area contributed by atoms with Gasteiger partial charge in [-0.2, -0.15) is 5.10 Å². The van der Waals surface area contributed by atoms with Crippen LogP contribution in [-0.4, -0.2) is 64.0 Å². The fourth-order valence-corrected chi connectivity index (χ4v) is 4.71. The predicted molar refractivity (Wildman–Crippen MR) is 112 cm³/mol. The maximum atomic E-state index is 12.7. The van der Waals surface area contributed by atoms with E-state index in [0.29, 0.717) is 12.5 Å². The molecule has 0 saturated carbocycles. The van der Waals surface area contributed by atoms with Crippen LogP contribution in [0.25, 0.3) is 10.9 Å². The second kappa shape index (κ2) is 8.95. The van der Waals surface area contributed by atoms with Gasteiger partial charge >= 0.3 is 0 Å². The average Bonchev–Trinajstić information content (AvgIpc) is 3.21. The standard InChI is InChI=1S/C22H30N5O2/c23-20(28)14-17-12-16(13-18-15-24-25-22(17)18)4-5-21(29)27-10-6-19(7-11-27)26-8-2-1-3-9-26/h5,12-13,15,19H,1-4,6-11,14H2,(H2,23,28)(H,24,25). The number of rotatable bonds is 6. The Balaban J connectivity index is 1.32. The third-order valence-corrected chi connectivity index (χ3v) is 6.25. The van der Waals surface area contributed by atoms with Crippen LogP contribution in [0.5, 0.6) is 0 Å². The molecular formula is C22H30N5O2. The highest BCUT2D eigenvalue weighted by atomic mass is 16.2. The molecule has 2 amide bonds. The summed E-state index contributed by atoms with van der Waals surface area (Å²) in [7, 11) is 0. The van der Waals surface area contributed by atoms with E-state index in [1.54, 1.807) is 12.6 Å². The van der Waals surface area contributed by atoms with Crippen molar-refractivity contribution < 1.29 is 9.59 Å². The summed E-state index contributed by atoms with van der Waals surface area (Å²) in [5.74, 6) is -0.277. The summed E-state index contributed by atoms with van der Waals surface area (Å²) < 4.78 is 0.